The van der Waals surface area contributed by atoms with Gasteiger partial charge in [0.2, 0.25) is 5.91 Å². The molecule has 0 aliphatic heterocycles. The average molecular weight is 244 g/mol. The first kappa shape index (κ1) is 12.5. The molecule has 0 aliphatic rings. The first-order chi connectivity index (χ1) is 7.13. The third-order valence-electron chi connectivity index (χ3n) is 1.93. The van der Waals surface area contributed by atoms with Crippen LogP contribution in [-0.4, -0.2) is 16.6 Å². The summed E-state index contributed by atoms with van der Waals surface area (Å²) in [5, 5.41) is 0. The van der Waals surface area contributed by atoms with Gasteiger partial charge in [0.15, 0.2) is 0 Å². The SMILES string of the molecule is CCCCSc1nc(C)c(CC(N)=O)s1. The summed E-state index contributed by atoms with van der Waals surface area (Å²) in [5.74, 6) is 0.811. The van der Waals surface area contributed by atoms with E-state index in [9.17, 15) is 4.79 Å². The molecule has 0 aromatic carbocycles. The average Bonchev–Trinajstić information content (AvgIpc) is 2.47. The molecule has 84 valence electrons. The van der Waals surface area contributed by atoms with Gasteiger partial charge in [-0.1, -0.05) is 25.1 Å². The quantitative estimate of drug-likeness (QED) is 0.617. The van der Waals surface area contributed by atoms with E-state index in [2.05, 4.69) is 11.9 Å². The third-order valence-corrected chi connectivity index (χ3v) is 4.32. The normalized spacial score (nSPS) is 10.5. The molecule has 0 saturated heterocycles. The minimum absolute atomic E-state index is 0.285. The highest BCUT2D eigenvalue weighted by Crippen LogP contribution is 2.27. The molecule has 5 heteroatoms. The van der Waals surface area contributed by atoms with Crippen molar-refractivity contribution in [1.29, 1.82) is 0 Å². The fourth-order valence-corrected chi connectivity index (χ4v) is 3.49. The molecule has 0 aliphatic carbocycles. The summed E-state index contributed by atoms with van der Waals surface area (Å²) in [4.78, 5) is 16.2. The van der Waals surface area contributed by atoms with Crippen LogP contribution in [0, 0.1) is 6.92 Å². The number of thioether (sulfide) groups is 1. The number of rotatable bonds is 6. The minimum Gasteiger partial charge on any atom is -0.369 e. The number of primary amides is 1. The van der Waals surface area contributed by atoms with Crippen molar-refractivity contribution >= 4 is 29.0 Å². The second-order valence-corrected chi connectivity index (χ2v) is 5.76. The lowest BCUT2D eigenvalue weighted by Crippen LogP contribution is -2.13. The molecule has 0 atom stereocenters. The van der Waals surface area contributed by atoms with Gasteiger partial charge >= 0.3 is 0 Å². The molecule has 0 bridgehead atoms. The van der Waals surface area contributed by atoms with Crippen LogP contribution < -0.4 is 5.73 Å². The molecule has 1 amide bonds. The fraction of sp³-hybridized carbons (Fsp3) is 0.600. The van der Waals surface area contributed by atoms with Gasteiger partial charge in [-0.2, -0.15) is 0 Å². The lowest BCUT2D eigenvalue weighted by Gasteiger charge is -1.93. The van der Waals surface area contributed by atoms with Gasteiger partial charge < -0.3 is 5.73 Å². The molecule has 0 radical (unpaired) electrons. The topological polar surface area (TPSA) is 56.0 Å². The van der Waals surface area contributed by atoms with Crippen LogP contribution in [0.3, 0.4) is 0 Å². The van der Waals surface area contributed by atoms with Crippen molar-refractivity contribution in [2.24, 2.45) is 5.73 Å². The second-order valence-electron chi connectivity index (χ2n) is 3.33. The Morgan fingerprint density at radius 3 is 2.93 bits per heavy atom. The number of aromatic nitrogens is 1. The van der Waals surface area contributed by atoms with Gasteiger partial charge in [0.05, 0.1) is 12.1 Å². The molecule has 1 heterocycles. The summed E-state index contributed by atoms with van der Waals surface area (Å²) in [5.41, 5.74) is 6.10. The highest BCUT2D eigenvalue weighted by atomic mass is 32.2. The predicted octanol–water partition coefficient (Wildman–Crippen LogP) is 2.37. The number of nitrogens with two attached hydrogens (primary N) is 1. The van der Waals surface area contributed by atoms with Gasteiger partial charge in [0.1, 0.15) is 4.34 Å². The minimum atomic E-state index is -0.285. The number of amides is 1. The van der Waals surface area contributed by atoms with E-state index < -0.39 is 0 Å². The zero-order valence-electron chi connectivity index (χ0n) is 9.08. The van der Waals surface area contributed by atoms with Crippen LogP contribution in [-0.2, 0) is 11.2 Å². The van der Waals surface area contributed by atoms with Crippen LogP contribution in [0.2, 0.25) is 0 Å². The maximum absolute atomic E-state index is 10.8. The number of aryl methyl sites for hydroxylation is 1. The summed E-state index contributed by atoms with van der Waals surface area (Å²) in [6.07, 6.45) is 2.72. The zero-order chi connectivity index (χ0) is 11.3. The number of unbranched alkanes of at least 4 members (excludes halogenated alkanes) is 1. The van der Waals surface area contributed by atoms with Crippen molar-refractivity contribution in [2.75, 3.05) is 5.75 Å². The van der Waals surface area contributed by atoms with E-state index >= 15 is 0 Å². The number of nitrogens with zero attached hydrogens (tertiary/aromatic N) is 1. The first-order valence-corrected chi connectivity index (χ1v) is 6.81. The molecule has 0 unspecified atom stereocenters. The molecule has 0 spiro atoms. The third kappa shape index (κ3) is 4.22. The number of thiazole rings is 1. The Morgan fingerprint density at radius 2 is 2.33 bits per heavy atom. The van der Waals surface area contributed by atoms with Crippen molar-refractivity contribution in [2.45, 2.75) is 37.4 Å². The van der Waals surface area contributed by atoms with Crippen LogP contribution in [0.1, 0.15) is 30.3 Å². The number of carbonyl (C=O) groups is 1. The Bertz CT molecular complexity index is 336. The van der Waals surface area contributed by atoms with E-state index in [-0.39, 0.29) is 5.91 Å². The maximum atomic E-state index is 10.8. The Labute approximate surface area is 98.5 Å². The Morgan fingerprint density at radius 1 is 1.60 bits per heavy atom. The molecular formula is C10H16N2OS2. The van der Waals surface area contributed by atoms with E-state index in [1.54, 1.807) is 23.1 Å². The molecule has 2 N–H and O–H groups in total. The van der Waals surface area contributed by atoms with Gasteiger partial charge in [-0.3, -0.25) is 4.79 Å². The summed E-state index contributed by atoms with van der Waals surface area (Å²) in [6, 6.07) is 0. The maximum Gasteiger partial charge on any atom is 0.222 e. The smallest absolute Gasteiger partial charge is 0.222 e. The highest BCUT2D eigenvalue weighted by molar-refractivity contribution is 8.01. The molecular weight excluding hydrogens is 228 g/mol. The van der Waals surface area contributed by atoms with Crippen molar-refractivity contribution in [3.05, 3.63) is 10.6 Å². The van der Waals surface area contributed by atoms with Crippen LogP contribution in [0.4, 0.5) is 0 Å². The molecule has 1 aromatic heterocycles. The van der Waals surface area contributed by atoms with Crippen molar-refractivity contribution in [3.63, 3.8) is 0 Å². The van der Waals surface area contributed by atoms with Crippen LogP contribution >= 0.6 is 23.1 Å². The van der Waals surface area contributed by atoms with E-state index in [4.69, 9.17) is 5.73 Å². The highest BCUT2D eigenvalue weighted by Gasteiger charge is 2.09. The Hall–Kier alpha value is -0.550. The summed E-state index contributed by atoms with van der Waals surface area (Å²) >= 11 is 3.35. The van der Waals surface area contributed by atoms with Gasteiger partial charge in [0, 0.05) is 10.6 Å². The summed E-state index contributed by atoms with van der Waals surface area (Å²) < 4.78 is 1.05. The first-order valence-electron chi connectivity index (χ1n) is 5.01. The standard InChI is InChI=1S/C10H16N2OS2/c1-3-4-5-14-10-12-7(2)8(15-10)6-9(11)13/h3-6H2,1-2H3,(H2,11,13). The summed E-state index contributed by atoms with van der Waals surface area (Å²) in [7, 11) is 0. The molecule has 15 heavy (non-hydrogen) atoms. The summed E-state index contributed by atoms with van der Waals surface area (Å²) in [6.45, 7) is 4.10. The van der Waals surface area contributed by atoms with Gasteiger partial charge in [0.25, 0.3) is 0 Å². The predicted molar refractivity (Wildman–Crippen MR) is 65.4 cm³/mol. The largest absolute Gasteiger partial charge is 0.369 e. The van der Waals surface area contributed by atoms with Gasteiger partial charge in [-0.15, -0.1) is 11.3 Å². The molecule has 1 rings (SSSR count). The number of carbonyl (C=O) groups excluding carboxylic acids is 1. The van der Waals surface area contributed by atoms with Crippen molar-refractivity contribution < 1.29 is 4.79 Å². The lowest BCUT2D eigenvalue weighted by molar-refractivity contribution is -0.117. The number of hydrogen-bond acceptors (Lipinski definition) is 4. The molecule has 3 nitrogen and oxygen atoms in total. The van der Waals surface area contributed by atoms with Gasteiger partial charge in [-0.25, -0.2) is 4.98 Å². The van der Waals surface area contributed by atoms with Crippen LogP contribution in [0.25, 0.3) is 0 Å². The van der Waals surface area contributed by atoms with E-state index in [1.165, 1.54) is 12.8 Å². The Balaban J connectivity index is 2.56. The lowest BCUT2D eigenvalue weighted by atomic mass is 10.3. The van der Waals surface area contributed by atoms with Crippen molar-refractivity contribution in [1.82, 2.24) is 4.98 Å². The monoisotopic (exact) mass is 244 g/mol. The molecule has 0 saturated carbocycles. The second kappa shape index (κ2) is 6.12. The van der Waals surface area contributed by atoms with Crippen molar-refractivity contribution in [3.8, 4) is 0 Å². The van der Waals surface area contributed by atoms with E-state index in [0.717, 1.165) is 20.7 Å². The van der Waals surface area contributed by atoms with Crippen LogP contribution in [0.5, 0.6) is 0 Å². The van der Waals surface area contributed by atoms with Crippen LogP contribution in [0.15, 0.2) is 4.34 Å². The fourth-order valence-electron chi connectivity index (χ4n) is 1.09. The van der Waals surface area contributed by atoms with E-state index in [1.807, 2.05) is 6.92 Å². The number of hydrogen-bond donors (Lipinski definition) is 1. The molecule has 0 fully saturated rings. The Kier molecular flexibility index (Phi) is 5.11. The van der Waals surface area contributed by atoms with Gasteiger partial charge in [-0.05, 0) is 13.3 Å². The van der Waals surface area contributed by atoms with E-state index in [0.29, 0.717) is 6.42 Å². The molecule has 1 aromatic rings. The zero-order valence-corrected chi connectivity index (χ0v) is 10.7.